The number of ether oxygens (including phenoxy) is 5. The topological polar surface area (TPSA) is 248 Å². The van der Waals surface area contributed by atoms with Crippen LogP contribution in [0.3, 0.4) is 0 Å². The molecule has 3 aliphatic heterocycles. The van der Waals surface area contributed by atoms with E-state index >= 15 is 0 Å². The highest BCUT2D eigenvalue weighted by Crippen LogP contribution is 2.32. The van der Waals surface area contributed by atoms with Gasteiger partial charge >= 0.3 is 0 Å². The number of hydrogen-bond donors (Lipinski definition) is 10. The first-order chi connectivity index (χ1) is 15.5. The van der Waals surface area contributed by atoms with Gasteiger partial charge in [-0.2, -0.15) is 0 Å². The second kappa shape index (κ2) is 11.0. The minimum Gasteiger partial charge on any atom is -0.394 e. The van der Waals surface area contributed by atoms with E-state index in [9.17, 15) is 51.1 Å². The Kier molecular flexibility index (Phi) is 8.99. The first-order valence-corrected chi connectivity index (χ1v) is 10.4. The maximum atomic E-state index is 10.6. The normalized spacial score (nSPS) is 53.7. The molecule has 15 heteroatoms. The number of aliphatic hydroxyl groups is 10. The maximum Gasteiger partial charge on any atom is 0.187 e. The molecule has 0 bridgehead atoms. The molecule has 3 saturated heterocycles. The van der Waals surface area contributed by atoms with Gasteiger partial charge in [-0.05, 0) is 6.92 Å². The molecule has 15 atom stereocenters. The van der Waals surface area contributed by atoms with Crippen LogP contribution in [0.5, 0.6) is 0 Å². The van der Waals surface area contributed by atoms with Crippen molar-refractivity contribution in [2.24, 2.45) is 0 Å². The Morgan fingerprint density at radius 2 is 1.03 bits per heavy atom. The van der Waals surface area contributed by atoms with E-state index in [-0.39, 0.29) is 0 Å². The third-order valence-corrected chi connectivity index (χ3v) is 6.05. The molecule has 0 aromatic carbocycles. The Bertz CT molecular complexity index is 622. The van der Waals surface area contributed by atoms with Crippen molar-refractivity contribution < 1.29 is 74.7 Å². The fraction of sp³-hybridized carbons (Fsp3) is 1.00. The summed E-state index contributed by atoms with van der Waals surface area (Å²) in [6.45, 7) is -0.0729. The molecule has 0 radical (unpaired) electrons. The van der Waals surface area contributed by atoms with E-state index in [2.05, 4.69) is 0 Å². The highest BCUT2D eigenvalue weighted by Gasteiger charge is 2.52. The fourth-order valence-electron chi connectivity index (χ4n) is 4.03. The zero-order chi connectivity index (χ0) is 24.6. The number of rotatable bonds is 6. The van der Waals surface area contributed by atoms with Crippen molar-refractivity contribution >= 4 is 0 Å². The van der Waals surface area contributed by atoms with Gasteiger partial charge in [-0.25, -0.2) is 0 Å². The van der Waals surface area contributed by atoms with Crippen LogP contribution in [0.1, 0.15) is 6.92 Å². The summed E-state index contributed by atoms with van der Waals surface area (Å²) in [6.07, 6.45) is -23.6. The SMILES string of the molecule is C[C@@H]1OC(O)[C@H](O)[C@H](O)[C@H]1O[C@@H]1O[C@H](CO)[C@H](O[C@@H]2O[C@H](CO)[C@H](O)[C@H](O)[C@H]2O)[C@H](O)[C@H]1O. The summed E-state index contributed by atoms with van der Waals surface area (Å²) >= 11 is 0. The lowest BCUT2D eigenvalue weighted by Crippen LogP contribution is -2.66. The molecule has 3 fully saturated rings. The van der Waals surface area contributed by atoms with Crippen LogP contribution in [0.4, 0.5) is 0 Å². The number of aliphatic hydroxyl groups excluding tert-OH is 10. The lowest BCUT2D eigenvalue weighted by molar-refractivity contribution is -0.376. The van der Waals surface area contributed by atoms with Gasteiger partial charge in [-0.15, -0.1) is 0 Å². The Morgan fingerprint density at radius 3 is 1.61 bits per heavy atom. The standard InChI is InChI=1S/C18H32O15/c1-4-14(9(23)11(25)16(28)29-4)32-18-13(27)10(24)15(6(3-20)31-18)33-17-12(26)8(22)7(21)5(2-19)30-17/h4-28H,2-3H2,1H3/t4-,5+,6+,7-,8-,9-,10+,11+,12+,13+,14-,15-,16?,17-,18-/m0/s1. The van der Waals surface area contributed by atoms with E-state index in [0.717, 1.165) is 0 Å². The summed E-state index contributed by atoms with van der Waals surface area (Å²) in [5.74, 6) is 0. The lowest BCUT2D eigenvalue weighted by atomic mass is 9.96. The molecule has 0 aromatic rings. The van der Waals surface area contributed by atoms with Crippen LogP contribution in [0.25, 0.3) is 0 Å². The summed E-state index contributed by atoms with van der Waals surface area (Å²) in [5, 5.41) is 99.5. The molecule has 0 aliphatic carbocycles. The first-order valence-electron chi connectivity index (χ1n) is 10.4. The fourth-order valence-corrected chi connectivity index (χ4v) is 4.03. The molecule has 0 spiro atoms. The van der Waals surface area contributed by atoms with Crippen molar-refractivity contribution in [3.63, 3.8) is 0 Å². The molecule has 1 unspecified atom stereocenters. The molecule has 15 nitrogen and oxygen atoms in total. The van der Waals surface area contributed by atoms with Gasteiger partial charge in [0, 0.05) is 0 Å². The summed E-state index contributed by atoms with van der Waals surface area (Å²) in [5.41, 5.74) is 0. The molecule has 3 heterocycles. The van der Waals surface area contributed by atoms with Gasteiger partial charge < -0.3 is 74.7 Å². The Morgan fingerprint density at radius 1 is 0.545 bits per heavy atom. The number of hydrogen-bond acceptors (Lipinski definition) is 15. The molecule has 3 aliphatic rings. The van der Waals surface area contributed by atoms with Crippen LogP contribution in [-0.4, -0.2) is 156 Å². The Hall–Kier alpha value is -0.600. The molecule has 33 heavy (non-hydrogen) atoms. The summed E-state index contributed by atoms with van der Waals surface area (Å²) < 4.78 is 26.6. The summed E-state index contributed by atoms with van der Waals surface area (Å²) in [4.78, 5) is 0. The predicted octanol–water partition coefficient (Wildman–Crippen LogP) is -6.55. The molecule has 194 valence electrons. The average molecular weight is 488 g/mol. The quantitative estimate of drug-likeness (QED) is 0.167. The van der Waals surface area contributed by atoms with Crippen molar-refractivity contribution in [1.29, 1.82) is 0 Å². The van der Waals surface area contributed by atoms with Gasteiger partial charge in [0.25, 0.3) is 0 Å². The zero-order valence-electron chi connectivity index (χ0n) is 17.6. The second-order valence-corrected chi connectivity index (χ2v) is 8.32. The van der Waals surface area contributed by atoms with Crippen LogP contribution >= 0.6 is 0 Å². The van der Waals surface area contributed by atoms with Crippen molar-refractivity contribution in [2.45, 2.75) is 99.0 Å². The minimum absolute atomic E-state index is 0.721. The van der Waals surface area contributed by atoms with Gasteiger partial charge in [0.15, 0.2) is 18.9 Å². The van der Waals surface area contributed by atoms with Crippen LogP contribution in [-0.2, 0) is 23.7 Å². The van der Waals surface area contributed by atoms with E-state index in [1.54, 1.807) is 0 Å². The van der Waals surface area contributed by atoms with Crippen molar-refractivity contribution in [1.82, 2.24) is 0 Å². The van der Waals surface area contributed by atoms with Gasteiger partial charge in [0.2, 0.25) is 0 Å². The molecular weight excluding hydrogens is 456 g/mol. The van der Waals surface area contributed by atoms with E-state index in [1.165, 1.54) is 6.92 Å². The zero-order valence-corrected chi connectivity index (χ0v) is 17.6. The Balaban J connectivity index is 1.70. The summed E-state index contributed by atoms with van der Waals surface area (Å²) in [7, 11) is 0. The lowest BCUT2D eigenvalue weighted by Gasteiger charge is -2.47. The molecular formula is C18H32O15. The third-order valence-electron chi connectivity index (χ3n) is 6.05. The summed E-state index contributed by atoms with van der Waals surface area (Å²) in [6, 6.07) is 0. The van der Waals surface area contributed by atoms with E-state index in [0.29, 0.717) is 0 Å². The van der Waals surface area contributed by atoms with Crippen LogP contribution in [0.2, 0.25) is 0 Å². The van der Waals surface area contributed by atoms with Crippen LogP contribution < -0.4 is 0 Å². The van der Waals surface area contributed by atoms with E-state index in [4.69, 9.17) is 23.7 Å². The largest absolute Gasteiger partial charge is 0.394 e. The smallest absolute Gasteiger partial charge is 0.187 e. The first kappa shape index (κ1) is 27.0. The van der Waals surface area contributed by atoms with Gasteiger partial charge in [-0.1, -0.05) is 0 Å². The van der Waals surface area contributed by atoms with E-state index < -0.39 is 105 Å². The van der Waals surface area contributed by atoms with Gasteiger partial charge in [0.05, 0.1) is 19.3 Å². The molecule has 10 N–H and O–H groups in total. The molecule has 3 rings (SSSR count). The monoisotopic (exact) mass is 488 g/mol. The van der Waals surface area contributed by atoms with Gasteiger partial charge in [0.1, 0.15) is 67.1 Å². The Labute approximate surface area is 187 Å². The second-order valence-electron chi connectivity index (χ2n) is 8.32. The minimum atomic E-state index is -1.83. The van der Waals surface area contributed by atoms with Crippen LogP contribution in [0.15, 0.2) is 0 Å². The highest BCUT2D eigenvalue weighted by atomic mass is 16.8. The maximum absolute atomic E-state index is 10.6. The van der Waals surface area contributed by atoms with Gasteiger partial charge in [-0.3, -0.25) is 0 Å². The molecule has 0 amide bonds. The highest BCUT2D eigenvalue weighted by molar-refractivity contribution is 4.95. The molecule has 0 aromatic heterocycles. The van der Waals surface area contributed by atoms with Crippen LogP contribution in [0, 0.1) is 0 Å². The van der Waals surface area contributed by atoms with Crippen molar-refractivity contribution in [3.05, 3.63) is 0 Å². The molecule has 0 saturated carbocycles. The third kappa shape index (κ3) is 5.32. The van der Waals surface area contributed by atoms with Crippen molar-refractivity contribution in [3.8, 4) is 0 Å². The predicted molar refractivity (Wildman–Crippen MR) is 99.8 cm³/mol. The van der Waals surface area contributed by atoms with Crippen molar-refractivity contribution in [2.75, 3.05) is 13.2 Å². The van der Waals surface area contributed by atoms with E-state index in [1.807, 2.05) is 0 Å². The average Bonchev–Trinajstić information content (AvgIpc) is 2.79.